The zero-order valence-corrected chi connectivity index (χ0v) is 66.9. The molecule has 0 saturated carbocycles. The Bertz CT molecular complexity index is 8720. The van der Waals surface area contributed by atoms with Crippen molar-refractivity contribution in [2.45, 2.75) is 0 Å². The fourth-order valence-corrected chi connectivity index (χ4v) is 19.1. The summed E-state index contributed by atoms with van der Waals surface area (Å²) in [6, 6.07) is 152. The van der Waals surface area contributed by atoms with Crippen LogP contribution in [0.1, 0.15) is 0 Å². The minimum Gasteiger partial charge on any atom is -0.309 e. The van der Waals surface area contributed by atoms with Gasteiger partial charge in [-0.25, -0.2) is 9.97 Å². The van der Waals surface area contributed by atoms with Crippen molar-refractivity contribution in [3.05, 3.63) is 425 Å². The van der Waals surface area contributed by atoms with E-state index in [-0.39, 0.29) is 0 Å². The van der Waals surface area contributed by atoms with Crippen LogP contribution in [0.3, 0.4) is 0 Å². The van der Waals surface area contributed by atoms with Crippen LogP contribution in [0.5, 0.6) is 0 Å². The quantitative estimate of drug-likeness (QED) is 0.135. The van der Waals surface area contributed by atoms with Crippen LogP contribution >= 0.6 is 0 Å². The molecule has 10 nitrogen and oxygen atoms in total. The highest BCUT2D eigenvalue weighted by Crippen LogP contribution is 2.44. The fraction of sp³-hybridized carbons (Fsp3) is 0. The van der Waals surface area contributed by atoms with Gasteiger partial charge in [0.25, 0.3) is 0 Å². The van der Waals surface area contributed by atoms with Gasteiger partial charge in [0.1, 0.15) is 0 Å². The smallest absolute Gasteiger partial charge is 0.238 e. The first-order valence-electron chi connectivity index (χ1n) is 42.0. The number of benzene rings is 20. The van der Waals surface area contributed by atoms with Gasteiger partial charge in [-0.2, -0.15) is 19.9 Å². The van der Waals surface area contributed by atoms with E-state index in [9.17, 15) is 0 Å². The first-order valence-corrected chi connectivity index (χ1v) is 42.0. The van der Waals surface area contributed by atoms with Gasteiger partial charge in [0, 0.05) is 76.4 Å². The van der Waals surface area contributed by atoms with Crippen molar-refractivity contribution in [1.82, 2.24) is 48.2 Å². The van der Waals surface area contributed by atoms with Crippen molar-refractivity contribution in [1.29, 1.82) is 0 Å². The summed E-state index contributed by atoms with van der Waals surface area (Å²) >= 11 is 0. The molecule has 124 heavy (non-hydrogen) atoms. The molecule has 26 aromatic rings. The molecule has 0 aliphatic carbocycles. The highest BCUT2D eigenvalue weighted by Gasteiger charge is 2.24. The molecular formula is C114H70N10. The molecule has 20 aromatic carbocycles. The van der Waals surface area contributed by atoms with E-state index in [1.54, 1.807) is 0 Å². The molecule has 6 heterocycles. The summed E-state index contributed by atoms with van der Waals surface area (Å²) in [5.41, 5.74) is 19.6. The molecule has 0 amide bonds. The van der Waals surface area contributed by atoms with Crippen LogP contribution in [0.25, 0.3) is 243 Å². The van der Waals surface area contributed by atoms with E-state index >= 15 is 0 Å². The lowest BCUT2D eigenvalue weighted by molar-refractivity contribution is 0.953. The highest BCUT2D eigenvalue weighted by atomic mass is 15.2. The molecule has 0 unspecified atom stereocenters. The molecule has 10 heteroatoms. The molecule has 0 fully saturated rings. The van der Waals surface area contributed by atoms with Gasteiger partial charge in [-0.3, -0.25) is 9.13 Å². The Kier molecular flexibility index (Phi) is 16.1. The number of rotatable bonds is 10. The van der Waals surface area contributed by atoms with E-state index in [2.05, 4.69) is 443 Å². The Labute approximate surface area is 711 Å². The summed E-state index contributed by atoms with van der Waals surface area (Å²) in [6.45, 7) is 0. The molecular weight excluding hydrogens is 1510 g/mol. The predicted octanol–water partition coefficient (Wildman–Crippen LogP) is 29.1. The van der Waals surface area contributed by atoms with E-state index in [1.165, 1.54) is 92.4 Å². The van der Waals surface area contributed by atoms with Gasteiger partial charge < -0.3 is 9.13 Å². The second kappa shape index (κ2) is 28.5. The normalized spacial score (nSPS) is 11.9. The summed E-state index contributed by atoms with van der Waals surface area (Å²) in [4.78, 5) is 31.4. The van der Waals surface area contributed by atoms with Crippen LogP contribution < -0.4 is 0 Å². The van der Waals surface area contributed by atoms with Gasteiger partial charge in [0.2, 0.25) is 11.9 Å². The fourth-order valence-electron chi connectivity index (χ4n) is 19.1. The van der Waals surface area contributed by atoms with E-state index < -0.39 is 0 Å². The molecule has 0 N–H and O–H groups in total. The van der Waals surface area contributed by atoms with Gasteiger partial charge in [0.05, 0.1) is 49.8 Å². The van der Waals surface area contributed by atoms with E-state index in [0.717, 1.165) is 115 Å². The van der Waals surface area contributed by atoms with Crippen LogP contribution in [0, 0.1) is 0 Å². The summed E-state index contributed by atoms with van der Waals surface area (Å²) < 4.78 is 9.21. The molecule has 576 valence electrons. The molecule has 0 aliphatic rings. The van der Waals surface area contributed by atoms with Gasteiger partial charge in [-0.1, -0.05) is 309 Å². The second-order valence-electron chi connectivity index (χ2n) is 32.2. The van der Waals surface area contributed by atoms with Crippen molar-refractivity contribution in [2.24, 2.45) is 0 Å². The summed E-state index contributed by atoms with van der Waals surface area (Å²) in [6.07, 6.45) is 0. The average Bonchev–Trinajstić information content (AvgIpc) is 1.59. The molecule has 0 spiro atoms. The van der Waals surface area contributed by atoms with Crippen LogP contribution in [0.15, 0.2) is 425 Å². The molecule has 0 atom stereocenters. The Balaban J connectivity index is 0.000000136. The summed E-state index contributed by atoms with van der Waals surface area (Å²) in [7, 11) is 0. The van der Waals surface area contributed by atoms with Crippen molar-refractivity contribution in [2.75, 3.05) is 0 Å². The van der Waals surface area contributed by atoms with Crippen LogP contribution in [0.2, 0.25) is 0 Å². The maximum atomic E-state index is 5.27. The lowest BCUT2D eigenvalue weighted by atomic mass is 10.0. The van der Waals surface area contributed by atoms with Gasteiger partial charge in [-0.15, -0.1) is 0 Å². The Morgan fingerprint density at radius 1 is 0.137 bits per heavy atom. The van der Waals surface area contributed by atoms with E-state index in [0.29, 0.717) is 35.2 Å². The van der Waals surface area contributed by atoms with Crippen molar-refractivity contribution < 1.29 is 0 Å². The lowest BCUT2D eigenvalue weighted by Crippen LogP contribution is -2.06. The first-order chi connectivity index (χ1) is 61.4. The SMILES string of the molecule is c1ccc2cc(-c3nc(-c4ccc5ccccc5c4)nc(-n4c5ccccc5c5cc(-c6ccc7c(c6)c6ccccc6n7-c6ccc7ccccc7c6)ccc54)n3)ccc2c1.c1ccc2cc(-c3nc(-c4ccc5ccccc5c4)nc(-n4c5ccccc5c5cc(-c6ccc7c(c6)c6ccccc6n7-c6cccc7ccccc67)ccc54)n3)ccc2c1. The third-order valence-corrected chi connectivity index (χ3v) is 25.0. The molecule has 26 rings (SSSR count). The maximum absolute atomic E-state index is 5.27. The van der Waals surface area contributed by atoms with Crippen molar-refractivity contribution in [3.63, 3.8) is 0 Å². The van der Waals surface area contributed by atoms with Gasteiger partial charge in [0.15, 0.2) is 23.3 Å². The largest absolute Gasteiger partial charge is 0.309 e. The monoisotopic (exact) mass is 1580 g/mol. The van der Waals surface area contributed by atoms with Gasteiger partial charge >= 0.3 is 0 Å². The topological polar surface area (TPSA) is 97.1 Å². The number of hydrogen-bond acceptors (Lipinski definition) is 6. The highest BCUT2D eigenvalue weighted by molar-refractivity contribution is 6.16. The third kappa shape index (κ3) is 11.7. The van der Waals surface area contributed by atoms with Crippen molar-refractivity contribution >= 4 is 152 Å². The minimum absolute atomic E-state index is 0.577. The van der Waals surface area contributed by atoms with E-state index in [4.69, 9.17) is 29.9 Å². The molecule has 6 aromatic heterocycles. The van der Waals surface area contributed by atoms with Crippen LogP contribution in [-0.4, -0.2) is 48.2 Å². The zero-order chi connectivity index (χ0) is 81.5. The standard InChI is InChI=1S/2C57H35N5/c1-4-14-39-31-44(23-21-36(39)11-1)55-58-56(45-24-22-37-12-2-5-15-40(37)32-45)60-57(59-55)62-52-20-10-8-18-48(52)50-35-43(27-30-54(50)62)42-26-29-53-49(34-42)47-17-7-9-19-51(47)61(53)46-28-25-38-13-3-6-16-41(38)33-46;1-3-15-39-32-43(26-24-36(39)12-1)55-58-56(44-27-25-37-13-2-4-16-40(37)33-44)60-57(59-55)62-52-22-10-8-20-47(52)49-35-42(29-31-54(49)62)41-28-30-53-48(34-41)46-19-7-9-21-51(46)61(53)50-23-11-17-38-14-5-6-18-45(38)50/h2*1-35H. The number of hydrogen-bond donors (Lipinski definition) is 0. The lowest BCUT2D eigenvalue weighted by Gasteiger charge is -2.12. The number of nitrogens with zero attached hydrogens (tertiary/aromatic N) is 10. The third-order valence-electron chi connectivity index (χ3n) is 25.0. The number of fused-ring (bicyclic) bond motifs is 18. The first kappa shape index (κ1) is 70.2. The predicted molar refractivity (Wildman–Crippen MR) is 515 cm³/mol. The van der Waals surface area contributed by atoms with Crippen molar-refractivity contribution in [3.8, 4) is 91.1 Å². The van der Waals surface area contributed by atoms with Crippen LogP contribution in [0.4, 0.5) is 0 Å². The van der Waals surface area contributed by atoms with Crippen LogP contribution in [-0.2, 0) is 0 Å². The van der Waals surface area contributed by atoms with Gasteiger partial charge in [-0.05, 0) is 197 Å². The summed E-state index contributed by atoms with van der Waals surface area (Å²) in [5, 5.41) is 23.6. The Hall–Kier alpha value is -16.8. The Morgan fingerprint density at radius 3 is 0.750 bits per heavy atom. The Morgan fingerprint density at radius 2 is 0.387 bits per heavy atom. The molecule has 0 bridgehead atoms. The summed E-state index contributed by atoms with van der Waals surface area (Å²) in [5.74, 6) is 3.66. The maximum Gasteiger partial charge on any atom is 0.238 e. The molecule has 0 saturated heterocycles. The zero-order valence-electron chi connectivity index (χ0n) is 66.9. The second-order valence-corrected chi connectivity index (χ2v) is 32.2. The number of para-hydroxylation sites is 4. The minimum atomic E-state index is 0.577. The molecule has 0 radical (unpaired) electrons. The number of aromatic nitrogens is 10. The van der Waals surface area contributed by atoms with E-state index in [1.807, 2.05) is 0 Å². The molecule has 0 aliphatic heterocycles. The average molecular weight is 1580 g/mol.